The second-order valence-electron chi connectivity index (χ2n) is 3.30. The third-order valence-electron chi connectivity index (χ3n) is 2.01. The quantitative estimate of drug-likeness (QED) is 0.695. The van der Waals surface area contributed by atoms with Gasteiger partial charge in [0, 0.05) is 18.3 Å². The van der Waals surface area contributed by atoms with Crippen LogP contribution in [0.4, 0.5) is 0 Å². The molecular formula is C10H15NO3S. The maximum absolute atomic E-state index is 10.6. The summed E-state index contributed by atoms with van der Waals surface area (Å²) >= 11 is 1.40. The number of aliphatic hydroxyl groups excluding tert-OH is 2. The number of carbonyl (C=O) groups is 1. The lowest BCUT2D eigenvalue weighted by atomic mass is 10.1. The van der Waals surface area contributed by atoms with Gasteiger partial charge in [-0.15, -0.1) is 11.3 Å². The van der Waals surface area contributed by atoms with Gasteiger partial charge in [0.15, 0.2) is 0 Å². The van der Waals surface area contributed by atoms with E-state index in [9.17, 15) is 15.0 Å². The maximum Gasteiger partial charge on any atom is 0.216 e. The SMILES string of the molecule is CC(=O)NCCC(O)C(O)c1cccs1. The molecule has 0 fully saturated rings. The standard InChI is InChI=1S/C10H15NO3S/c1-7(12)11-5-4-8(13)10(14)9-3-2-6-15-9/h2-3,6,8,10,13-14H,4-5H2,1H3,(H,11,12). The van der Waals surface area contributed by atoms with Crippen molar-refractivity contribution in [3.63, 3.8) is 0 Å². The second-order valence-corrected chi connectivity index (χ2v) is 4.28. The van der Waals surface area contributed by atoms with Gasteiger partial charge < -0.3 is 15.5 Å². The average Bonchev–Trinajstić information content (AvgIpc) is 2.68. The molecule has 2 unspecified atom stereocenters. The van der Waals surface area contributed by atoms with E-state index in [1.54, 1.807) is 6.07 Å². The summed E-state index contributed by atoms with van der Waals surface area (Å²) in [5, 5.41) is 23.7. The van der Waals surface area contributed by atoms with E-state index < -0.39 is 12.2 Å². The van der Waals surface area contributed by atoms with Crippen LogP contribution >= 0.6 is 11.3 Å². The van der Waals surface area contributed by atoms with Gasteiger partial charge in [0.2, 0.25) is 5.91 Å². The Bertz CT molecular complexity index is 300. The van der Waals surface area contributed by atoms with Crippen LogP contribution in [0.2, 0.25) is 0 Å². The minimum atomic E-state index is -0.862. The average molecular weight is 229 g/mol. The molecule has 84 valence electrons. The molecular weight excluding hydrogens is 214 g/mol. The highest BCUT2D eigenvalue weighted by atomic mass is 32.1. The maximum atomic E-state index is 10.6. The molecule has 0 spiro atoms. The van der Waals surface area contributed by atoms with Crippen LogP contribution < -0.4 is 5.32 Å². The van der Waals surface area contributed by atoms with Crippen molar-refractivity contribution in [3.05, 3.63) is 22.4 Å². The first-order chi connectivity index (χ1) is 7.11. The lowest BCUT2D eigenvalue weighted by Gasteiger charge is -2.16. The van der Waals surface area contributed by atoms with Crippen LogP contribution in [0.5, 0.6) is 0 Å². The highest BCUT2D eigenvalue weighted by Gasteiger charge is 2.18. The summed E-state index contributed by atoms with van der Waals surface area (Å²) in [5.41, 5.74) is 0. The minimum absolute atomic E-state index is 0.132. The van der Waals surface area contributed by atoms with Crippen molar-refractivity contribution >= 4 is 17.2 Å². The summed E-state index contributed by atoms with van der Waals surface area (Å²) in [6.07, 6.45) is -1.35. The van der Waals surface area contributed by atoms with Crippen molar-refractivity contribution in [1.82, 2.24) is 5.32 Å². The molecule has 1 aromatic rings. The van der Waals surface area contributed by atoms with Gasteiger partial charge in [-0.2, -0.15) is 0 Å². The van der Waals surface area contributed by atoms with E-state index in [1.807, 2.05) is 11.4 Å². The van der Waals surface area contributed by atoms with Gasteiger partial charge in [-0.05, 0) is 17.9 Å². The molecule has 0 aromatic carbocycles. The Morgan fingerprint density at radius 3 is 2.87 bits per heavy atom. The van der Waals surface area contributed by atoms with Gasteiger partial charge in [0.1, 0.15) is 6.10 Å². The van der Waals surface area contributed by atoms with Gasteiger partial charge in [0.05, 0.1) is 6.10 Å². The molecule has 2 atom stereocenters. The van der Waals surface area contributed by atoms with E-state index >= 15 is 0 Å². The number of rotatable bonds is 5. The number of hydrogen-bond acceptors (Lipinski definition) is 4. The van der Waals surface area contributed by atoms with Crippen molar-refractivity contribution < 1.29 is 15.0 Å². The second kappa shape index (κ2) is 5.85. The molecule has 3 N–H and O–H groups in total. The highest BCUT2D eigenvalue weighted by molar-refractivity contribution is 7.10. The Labute approximate surface area is 92.6 Å². The zero-order chi connectivity index (χ0) is 11.3. The van der Waals surface area contributed by atoms with Crippen LogP contribution in [0.1, 0.15) is 24.3 Å². The van der Waals surface area contributed by atoms with Crippen LogP contribution in [-0.4, -0.2) is 28.8 Å². The smallest absolute Gasteiger partial charge is 0.216 e. The van der Waals surface area contributed by atoms with E-state index in [-0.39, 0.29) is 5.91 Å². The van der Waals surface area contributed by atoms with Crippen molar-refractivity contribution in [1.29, 1.82) is 0 Å². The molecule has 0 bridgehead atoms. The molecule has 0 aliphatic carbocycles. The first-order valence-corrected chi connectivity index (χ1v) is 5.63. The zero-order valence-electron chi connectivity index (χ0n) is 8.51. The fourth-order valence-corrected chi connectivity index (χ4v) is 1.97. The van der Waals surface area contributed by atoms with Gasteiger partial charge in [-0.3, -0.25) is 4.79 Å². The molecule has 15 heavy (non-hydrogen) atoms. The third-order valence-corrected chi connectivity index (χ3v) is 2.96. The van der Waals surface area contributed by atoms with Crippen molar-refractivity contribution in [3.8, 4) is 0 Å². The Hall–Kier alpha value is -0.910. The van der Waals surface area contributed by atoms with Gasteiger partial charge in [-0.1, -0.05) is 6.07 Å². The molecule has 1 amide bonds. The zero-order valence-corrected chi connectivity index (χ0v) is 9.33. The molecule has 5 heteroatoms. The number of carbonyl (C=O) groups excluding carboxylic acids is 1. The van der Waals surface area contributed by atoms with Gasteiger partial charge in [-0.25, -0.2) is 0 Å². The third kappa shape index (κ3) is 3.99. The van der Waals surface area contributed by atoms with Crippen molar-refractivity contribution in [2.75, 3.05) is 6.54 Å². The van der Waals surface area contributed by atoms with Crippen LogP contribution in [0.15, 0.2) is 17.5 Å². The molecule has 1 heterocycles. The summed E-state index contributed by atoms with van der Waals surface area (Å²) in [6.45, 7) is 1.79. The molecule has 4 nitrogen and oxygen atoms in total. The number of amides is 1. The fourth-order valence-electron chi connectivity index (χ4n) is 1.20. The first-order valence-electron chi connectivity index (χ1n) is 4.75. The van der Waals surface area contributed by atoms with E-state index in [0.717, 1.165) is 4.88 Å². The largest absolute Gasteiger partial charge is 0.390 e. The minimum Gasteiger partial charge on any atom is -0.390 e. The topological polar surface area (TPSA) is 69.6 Å². The van der Waals surface area contributed by atoms with Crippen LogP contribution in [0, 0.1) is 0 Å². The van der Waals surface area contributed by atoms with Crippen molar-refractivity contribution in [2.24, 2.45) is 0 Å². The molecule has 1 rings (SSSR count). The Morgan fingerprint density at radius 1 is 1.60 bits per heavy atom. The molecule has 0 aliphatic rings. The number of hydrogen-bond donors (Lipinski definition) is 3. The van der Waals surface area contributed by atoms with E-state index in [2.05, 4.69) is 5.32 Å². The molecule has 1 aromatic heterocycles. The summed E-state index contributed by atoms with van der Waals surface area (Å²) < 4.78 is 0. The van der Waals surface area contributed by atoms with E-state index in [0.29, 0.717) is 13.0 Å². The molecule has 0 radical (unpaired) electrons. The molecule has 0 saturated carbocycles. The lowest BCUT2D eigenvalue weighted by molar-refractivity contribution is -0.119. The van der Waals surface area contributed by atoms with Crippen LogP contribution in [0.25, 0.3) is 0 Å². The van der Waals surface area contributed by atoms with Gasteiger partial charge >= 0.3 is 0 Å². The normalized spacial score (nSPS) is 14.6. The fraction of sp³-hybridized carbons (Fsp3) is 0.500. The monoisotopic (exact) mass is 229 g/mol. The van der Waals surface area contributed by atoms with Crippen LogP contribution in [0.3, 0.4) is 0 Å². The Kier molecular flexibility index (Phi) is 4.74. The Balaban J connectivity index is 2.33. The predicted octanol–water partition coefficient (Wildman–Crippen LogP) is 0.669. The number of aliphatic hydroxyl groups is 2. The highest BCUT2D eigenvalue weighted by Crippen LogP contribution is 2.22. The van der Waals surface area contributed by atoms with Crippen molar-refractivity contribution in [2.45, 2.75) is 25.6 Å². The summed E-state index contributed by atoms with van der Waals surface area (Å²) in [4.78, 5) is 11.3. The molecule has 0 aliphatic heterocycles. The number of nitrogens with one attached hydrogen (secondary N) is 1. The summed E-state index contributed by atoms with van der Waals surface area (Å²) in [5.74, 6) is -0.132. The predicted molar refractivity (Wildman–Crippen MR) is 58.6 cm³/mol. The first kappa shape index (κ1) is 12.2. The number of thiophene rings is 1. The molecule has 0 saturated heterocycles. The lowest BCUT2D eigenvalue weighted by Crippen LogP contribution is -2.27. The van der Waals surface area contributed by atoms with Gasteiger partial charge in [0.25, 0.3) is 0 Å². The van der Waals surface area contributed by atoms with E-state index in [1.165, 1.54) is 18.3 Å². The summed E-state index contributed by atoms with van der Waals surface area (Å²) in [7, 11) is 0. The Morgan fingerprint density at radius 2 is 2.33 bits per heavy atom. The van der Waals surface area contributed by atoms with E-state index in [4.69, 9.17) is 0 Å². The summed E-state index contributed by atoms with van der Waals surface area (Å²) in [6, 6.07) is 3.60. The van der Waals surface area contributed by atoms with Crippen LogP contribution in [-0.2, 0) is 4.79 Å².